The lowest BCUT2D eigenvalue weighted by Gasteiger charge is -2.12. The van der Waals surface area contributed by atoms with Gasteiger partial charge in [0, 0.05) is 31.5 Å². The summed E-state index contributed by atoms with van der Waals surface area (Å²) in [6.45, 7) is 1.49. The Balaban J connectivity index is 1.69. The molecule has 5 nitrogen and oxygen atoms in total. The third-order valence-electron chi connectivity index (χ3n) is 3.83. The van der Waals surface area contributed by atoms with Gasteiger partial charge < -0.3 is 19.4 Å². The molecule has 1 aromatic heterocycles. The summed E-state index contributed by atoms with van der Waals surface area (Å²) in [6.07, 6.45) is 5.55. The van der Waals surface area contributed by atoms with Crippen LogP contribution in [0.25, 0.3) is 5.69 Å². The molecule has 3 aromatic rings. The highest BCUT2D eigenvalue weighted by atomic mass is 16.5. The Hall–Kier alpha value is -2.79. The summed E-state index contributed by atoms with van der Waals surface area (Å²) in [5.74, 6) is 1.59. The summed E-state index contributed by atoms with van der Waals surface area (Å²) in [4.78, 5) is 4.12. The van der Waals surface area contributed by atoms with E-state index in [4.69, 9.17) is 9.47 Å². The summed E-state index contributed by atoms with van der Waals surface area (Å²) in [5.41, 5.74) is 3.46. The molecule has 0 spiro atoms. The number of benzene rings is 2. The fraction of sp³-hybridized carbons (Fsp3) is 0.211. The summed E-state index contributed by atoms with van der Waals surface area (Å²) < 4.78 is 12.6. The van der Waals surface area contributed by atoms with Crippen LogP contribution in [0, 0.1) is 0 Å². The largest absolute Gasteiger partial charge is 0.497 e. The van der Waals surface area contributed by atoms with Crippen LogP contribution < -0.4 is 14.8 Å². The number of para-hydroxylation sites is 1. The predicted octanol–water partition coefficient (Wildman–Crippen LogP) is 3.18. The van der Waals surface area contributed by atoms with E-state index < -0.39 is 0 Å². The molecule has 2 aromatic carbocycles. The minimum atomic E-state index is 0.728. The molecule has 124 valence electrons. The van der Waals surface area contributed by atoms with E-state index in [1.807, 2.05) is 47.4 Å². The van der Waals surface area contributed by atoms with Gasteiger partial charge in [-0.25, -0.2) is 4.98 Å². The lowest BCUT2D eigenvalue weighted by molar-refractivity contribution is 0.393. The molecule has 0 radical (unpaired) electrons. The van der Waals surface area contributed by atoms with E-state index >= 15 is 0 Å². The van der Waals surface area contributed by atoms with Crippen LogP contribution in [0.15, 0.2) is 61.2 Å². The van der Waals surface area contributed by atoms with Crippen molar-refractivity contribution in [2.24, 2.45) is 0 Å². The molecule has 0 fully saturated rings. The lowest BCUT2D eigenvalue weighted by atomic mass is 10.1. The Morgan fingerprint density at radius 3 is 2.42 bits per heavy atom. The number of imidazole rings is 1. The van der Waals surface area contributed by atoms with E-state index in [2.05, 4.69) is 22.4 Å². The van der Waals surface area contributed by atoms with Gasteiger partial charge in [-0.3, -0.25) is 0 Å². The van der Waals surface area contributed by atoms with Crippen molar-refractivity contribution in [2.75, 3.05) is 14.2 Å². The number of hydrogen-bond donors (Lipinski definition) is 1. The van der Waals surface area contributed by atoms with Gasteiger partial charge in [-0.2, -0.15) is 0 Å². The van der Waals surface area contributed by atoms with E-state index in [9.17, 15) is 0 Å². The van der Waals surface area contributed by atoms with E-state index in [0.717, 1.165) is 35.8 Å². The molecule has 0 aliphatic carbocycles. The van der Waals surface area contributed by atoms with Gasteiger partial charge in [-0.15, -0.1) is 0 Å². The van der Waals surface area contributed by atoms with Crippen molar-refractivity contribution in [3.05, 3.63) is 72.3 Å². The Morgan fingerprint density at radius 1 is 1.00 bits per heavy atom. The van der Waals surface area contributed by atoms with Crippen LogP contribution in [0.2, 0.25) is 0 Å². The highest BCUT2D eigenvalue weighted by Gasteiger charge is 2.05. The van der Waals surface area contributed by atoms with Crippen LogP contribution in [0.3, 0.4) is 0 Å². The molecular weight excluding hydrogens is 302 g/mol. The second-order valence-corrected chi connectivity index (χ2v) is 5.42. The first-order chi connectivity index (χ1) is 11.8. The van der Waals surface area contributed by atoms with Crippen LogP contribution in [0.4, 0.5) is 0 Å². The average molecular weight is 323 g/mol. The number of nitrogens with one attached hydrogen (secondary N) is 1. The van der Waals surface area contributed by atoms with E-state index in [1.165, 1.54) is 5.56 Å². The fourth-order valence-electron chi connectivity index (χ4n) is 2.62. The van der Waals surface area contributed by atoms with Crippen molar-refractivity contribution in [2.45, 2.75) is 13.1 Å². The summed E-state index contributed by atoms with van der Waals surface area (Å²) >= 11 is 0. The smallest absolute Gasteiger partial charge is 0.122 e. The maximum Gasteiger partial charge on any atom is 0.122 e. The highest BCUT2D eigenvalue weighted by molar-refractivity contribution is 5.41. The van der Waals surface area contributed by atoms with Crippen LogP contribution in [0.1, 0.15) is 11.1 Å². The van der Waals surface area contributed by atoms with Crippen molar-refractivity contribution < 1.29 is 9.47 Å². The van der Waals surface area contributed by atoms with Crippen molar-refractivity contribution >= 4 is 0 Å². The molecule has 1 heterocycles. The van der Waals surface area contributed by atoms with Crippen LogP contribution in [-0.2, 0) is 13.1 Å². The Bertz CT molecular complexity index is 763. The van der Waals surface area contributed by atoms with E-state index in [0.29, 0.717) is 0 Å². The Kier molecular flexibility index (Phi) is 5.13. The summed E-state index contributed by atoms with van der Waals surface area (Å²) in [5, 5.41) is 3.48. The third kappa shape index (κ3) is 3.75. The molecule has 0 aliphatic heterocycles. The molecule has 1 N–H and O–H groups in total. The molecule has 0 atom stereocenters. The minimum Gasteiger partial charge on any atom is -0.497 e. The number of rotatable bonds is 7. The van der Waals surface area contributed by atoms with Gasteiger partial charge in [0.05, 0.1) is 26.2 Å². The van der Waals surface area contributed by atoms with Crippen molar-refractivity contribution in [3.8, 4) is 17.2 Å². The second-order valence-electron chi connectivity index (χ2n) is 5.42. The SMILES string of the molecule is COc1cc(CNCc2ccccc2-n2ccnc2)cc(OC)c1. The Labute approximate surface area is 141 Å². The first-order valence-corrected chi connectivity index (χ1v) is 7.79. The van der Waals surface area contributed by atoms with Gasteiger partial charge in [0.15, 0.2) is 0 Å². The molecule has 0 saturated carbocycles. The molecule has 0 aliphatic rings. The molecular formula is C19H21N3O2. The van der Waals surface area contributed by atoms with Crippen molar-refractivity contribution in [1.82, 2.24) is 14.9 Å². The number of methoxy groups -OCH3 is 2. The zero-order valence-corrected chi connectivity index (χ0v) is 13.9. The van der Waals surface area contributed by atoms with Gasteiger partial charge in [-0.05, 0) is 29.3 Å². The monoisotopic (exact) mass is 323 g/mol. The normalized spacial score (nSPS) is 10.6. The van der Waals surface area contributed by atoms with Gasteiger partial charge in [0.2, 0.25) is 0 Å². The summed E-state index contributed by atoms with van der Waals surface area (Å²) in [7, 11) is 3.32. The first-order valence-electron chi connectivity index (χ1n) is 7.79. The lowest BCUT2D eigenvalue weighted by Crippen LogP contribution is -2.14. The first kappa shape index (κ1) is 16.1. The Morgan fingerprint density at radius 2 is 1.75 bits per heavy atom. The average Bonchev–Trinajstić information content (AvgIpc) is 3.16. The molecule has 0 unspecified atom stereocenters. The van der Waals surface area contributed by atoms with Crippen LogP contribution in [-0.4, -0.2) is 23.8 Å². The molecule has 0 amide bonds. The van der Waals surface area contributed by atoms with Gasteiger partial charge >= 0.3 is 0 Å². The highest BCUT2D eigenvalue weighted by Crippen LogP contribution is 2.22. The fourth-order valence-corrected chi connectivity index (χ4v) is 2.62. The predicted molar refractivity (Wildman–Crippen MR) is 93.7 cm³/mol. The number of aromatic nitrogens is 2. The maximum atomic E-state index is 5.31. The van der Waals surface area contributed by atoms with Crippen molar-refractivity contribution in [1.29, 1.82) is 0 Å². The second kappa shape index (κ2) is 7.66. The number of ether oxygens (including phenoxy) is 2. The van der Waals surface area contributed by atoms with Gasteiger partial charge in [0.1, 0.15) is 11.5 Å². The van der Waals surface area contributed by atoms with Crippen LogP contribution >= 0.6 is 0 Å². The number of nitrogens with zero attached hydrogens (tertiary/aromatic N) is 2. The third-order valence-corrected chi connectivity index (χ3v) is 3.83. The standard InChI is InChI=1S/C19H21N3O2/c1-23-17-9-15(10-18(11-17)24-2)12-21-13-16-5-3-4-6-19(16)22-8-7-20-14-22/h3-11,14,21H,12-13H2,1-2H3. The molecule has 3 rings (SSSR count). The van der Waals surface area contributed by atoms with E-state index in [1.54, 1.807) is 20.4 Å². The molecule has 0 saturated heterocycles. The van der Waals surface area contributed by atoms with Gasteiger partial charge in [0.25, 0.3) is 0 Å². The van der Waals surface area contributed by atoms with Crippen LogP contribution in [0.5, 0.6) is 11.5 Å². The zero-order valence-electron chi connectivity index (χ0n) is 13.9. The summed E-state index contributed by atoms with van der Waals surface area (Å²) in [6, 6.07) is 14.2. The topological polar surface area (TPSA) is 48.3 Å². The quantitative estimate of drug-likeness (QED) is 0.725. The van der Waals surface area contributed by atoms with Crippen molar-refractivity contribution in [3.63, 3.8) is 0 Å². The van der Waals surface area contributed by atoms with E-state index in [-0.39, 0.29) is 0 Å². The zero-order chi connectivity index (χ0) is 16.8. The minimum absolute atomic E-state index is 0.728. The van der Waals surface area contributed by atoms with Gasteiger partial charge in [-0.1, -0.05) is 18.2 Å². The molecule has 0 bridgehead atoms. The maximum absolute atomic E-state index is 5.31. The molecule has 24 heavy (non-hydrogen) atoms. The molecule has 5 heteroatoms. The number of hydrogen-bond acceptors (Lipinski definition) is 4.